The van der Waals surface area contributed by atoms with Crippen LogP contribution in [0.4, 0.5) is 15.8 Å². The first-order chi connectivity index (χ1) is 16.5. The maximum absolute atomic E-state index is 14.4. The molecule has 0 saturated carbocycles. The van der Waals surface area contributed by atoms with Gasteiger partial charge in [0.2, 0.25) is 21.8 Å². The van der Waals surface area contributed by atoms with E-state index in [1.54, 1.807) is 33.8 Å². The third-order valence-corrected chi connectivity index (χ3v) is 6.44. The predicted molar refractivity (Wildman–Crippen MR) is 134 cm³/mol. The molecule has 2 aromatic carbocycles. The average molecular weight is 523 g/mol. The number of nitro benzene ring substituents is 1. The van der Waals surface area contributed by atoms with Crippen LogP contribution in [0.5, 0.6) is 0 Å². The van der Waals surface area contributed by atoms with Crippen molar-refractivity contribution in [1.82, 2.24) is 10.2 Å². The Labute approximate surface area is 210 Å². The fraction of sp³-hybridized carbons (Fsp3) is 0.417. The highest BCUT2D eigenvalue weighted by atomic mass is 32.2. The molecular weight excluding hydrogens is 491 g/mol. The van der Waals surface area contributed by atoms with Crippen molar-refractivity contribution in [2.45, 2.75) is 52.7 Å². The van der Waals surface area contributed by atoms with E-state index in [2.05, 4.69) is 5.32 Å². The summed E-state index contributed by atoms with van der Waals surface area (Å²) in [6, 6.07) is 8.34. The monoisotopic (exact) mass is 522 g/mol. The molecule has 0 fully saturated rings. The fourth-order valence-corrected chi connectivity index (χ4v) is 4.34. The second kappa shape index (κ2) is 11.0. The lowest BCUT2D eigenvalue weighted by Gasteiger charge is -2.33. The van der Waals surface area contributed by atoms with Gasteiger partial charge in [0, 0.05) is 29.8 Å². The minimum atomic E-state index is -4.08. The maximum Gasteiger partial charge on any atom is 0.271 e. The van der Waals surface area contributed by atoms with Crippen molar-refractivity contribution in [2.75, 3.05) is 17.1 Å². The van der Waals surface area contributed by atoms with Crippen molar-refractivity contribution in [1.29, 1.82) is 0 Å². The number of hydrogen-bond donors (Lipinski definition) is 1. The van der Waals surface area contributed by atoms with Crippen LogP contribution in [-0.2, 0) is 26.2 Å². The third kappa shape index (κ3) is 7.48. The number of halogens is 1. The zero-order chi connectivity index (χ0) is 27.4. The van der Waals surface area contributed by atoms with Crippen LogP contribution in [0, 0.1) is 22.9 Å². The van der Waals surface area contributed by atoms with E-state index in [0.29, 0.717) is 5.56 Å². The molecule has 0 radical (unpaired) electrons. The van der Waals surface area contributed by atoms with Gasteiger partial charge in [-0.1, -0.05) is 24.3 Å². The molecule has 1 N–H and O–H groups in total. The SMILES string of the molecule is Cc1ccc([N+](=O)[O-])cc1N(CC(=O)N(Cc1ccccc1F)[C@@H](C)C(=O)NC(C)(C)C)S(C)(=O)=O. The second-order valence-corrected chi connectivity index (χ2v) is 11.4. The molecule has 36 heavy (non-hydrogen) atoms. The van der Waals surface area contributed by atoms with Gasteiger partial charge in [0.1, 0.15) is 18.4 Å². The van der Waals surface area contributed by atoms with Crippen molar-refractivity contribution in [3.8, 4) is 0 Å². The Morgan fingerprint density at radius 3 is 2.31 bits per heavy atom. The van der Waals surface area contributed by atoms with Gasteiger partial charge in [-0.05, 0) is 46.2 Å². The van der Waals surface area contributed by atoms with Crippen LogP contribution in [0.15, 0.2) is 42.5 Å². The van der Waals surface area contributed by atoms with E-state index in [4.69, 9.17) is 0 Å². The molecule has 2 amide bonds. The number of carbonyl (C=O) groups excluding carboxylic acids is 2. The molecule has 0 saturated heterocycles. The van der Waals surface area contributed by atoms with E-state index in [1.807, 2.05) is 0 Å². The molecule has 10 nitrogen and oxygen atoms in total. The quantitative estimate of drug-likeness (QED) is 0.398. The van der Waals surface area contributed by atoms with E-state index in [0.717, 1.165) is 21.5 Å². The molecule has 0 spiro atoms. The number of carbonyl (C=O) groups is 2. The van der Waals surface area contributed by atoms with Crippen LogP contribution in [0.25, 0.3) is 0 Å². The van der Waals surface area contributed by atoms with Crippen molar-refractivity contribution in [2.24, 2.45) is 0 Å². The van der Waals surface area contributed by atoms with E-state index < -0.39 is 50.7 Å². The van der Waals surface area contributed by atoms with Crippen molar-refractivity contribution < 1.29 is 27.3 Å². The van der Waals surface area contributed by atoms with Crippen molar-refractivity contribution in [3.63, 3.8) is 0 Å². The predicted octanol–water partition coefficient (Wildman–Crippen LogP) is 3.14. The summed E-state index contributed by atoms with van der Waals surface area (Å²) in [6.45, 7) is 7.25. The lowest BCUT2D eigenvalue weighted by Crippen LogP contribution is -2.54. The molecule has 0 aromatic heterocycles. The Morgan fingerprint density at radius 2 is 1.78 bits per heavy atom. The number of non-ortho nitro benzene ring substituents is 1. The Morgan fingerprint density at radius 1 is 1.17 bits per heavy atom. The first kappa shape index (κ1) is 28.7. The number of nitrogens with zero attached hydrogens (tertiary/aromatic N) is 3. The summed E-state index contributed by atoms with van der Waals surface area (Å²) in [5.41, 5.74) is -0.482. The van der Waals surface area contributed by atoms with Crippen LogP contribution in [-0.4, -0.2) is 54.4 Å². The molecule has 0 bridgehead atoms. The molecule has 196 valence electrons. The van der Waals surface area contributed by atoms with Crippen LogP contribution in [0.2, 0.25) is 0 Å². The molecule has 0 aliphatic carbocycles. The number of hydrogen-bond acceptors (Lipinski definition) is 6. The van der Waals surface area contributed by atoms with E-state index >= 15 is 0 Å². The first-order valence-electron chi connectivity index (χ1n) is 11.1. The average Bonchev–Trinajstić information content (AvgIpc) is 2.74. The summed E-state index contributed by atoms with van der Waals surface area (Å²) < 4.78 is 40.5. The molecule has 0 aliphatic rings. The number of benzene rings is 2. The second-order valence-electron chi connectivity index (χ2n) is 9.53. The molecule has 1 atom stereocenters. The molecule has 2 rings (SSSR count). The van der Waals surface area contributed by atoms with Crippen LogP contribution in [0.3, 0.4) is 0 Å². The van der Waals surface area contributed by atoms with Gasteiger partial charge in [-0.15, -0.1) is 0 Å². The largest absolute Gasteiger partial charge is 0.350 e. The number of anilines is 1. The summed E-state index contributed by atoms with van der Waals surface area (Å²) in [4.78, 5) is 38.1. The number of aryl methyl sites for hydroxylation is 1. The summed E-state index contributed by atoms with van der Waals surface area (Å²) >= 11 is 0. The molecule has 0 heterocycles. The van der Waals surface area contributed by atoms with Gasteiger partial charge in [-0.25, -0.2) is 12.8 Å². The number of nitrogens with one attached hydrogen (secondary N) is 1. The van der Waals surface area contributed by atoms with Crippen molar-refractivity contribution in [3.05, 3.63) is 69.5 Å². The number of sulfonamides is 1. The van der Waals surface area contributed by atoms with Crippen LogP contribution >= 0.6 is 0 Å². The van der Waals surface area contributed by atoms with Gasteiger partial charge < -0.3 is 10.2 Å². The first-order valence-corrected chi connectivity index (χ1v) is 12.9. The molecule has 0 aliphatic heterocycles. The summed E-state index contributed by atoms with van der Waals surface area (Å²) in [7, 11) is -4.08. The number of rotatable bonds is 9. The minimum absolute atomic E-state index is 0.0438. The summed E-state index contributed by atoms with van der Waals surface area (Å²) in [5, 5.41) is 14.0. The molecular formula is C24H31FN4O6S. The Kier molecular flexibility index (Phi) is 8.79. The van der Waals surface area contributed by atoms with Crippen LogP contribution in [0.1, 0.15) is 38.8 Å². The van der Waals surface area contributed by atoms with Gasteiger partial charge in [-0.3, -0.25) is 24.0 Å². The fourth-order valence-electron chi connectivity index (χ4n) is 3.44. The summed E-state index contributed by atoms with van der Waals surface area (Å²) in [6.07, 6.45) is 0.871. The minimum Gasteiger partial charge on any atom is -0.350 e. The molecule has 0 unspecified atom stereocenters. The molecule has 12 heteroatoms. The maximum atomic E-state index is 14.4. The lowest BCUT2D eigenvalue weighted by molar-refractivity contribution is -0.384. The lowest BCUT2D eigenvalue weighted by atomic mass is 10.1. The third-order valence-electron chi connectivity index (χ3n) is 5.32. The Bertz CT molecular complexity index is 1260. The number of amides is 2. The Hall–Kier alpha value is -3.54. The number of nitro groups is 1. The van der Waals surface area contributed by atoms with E-state index in [9.17, 15) is 32.5 Å². The van der Waals surface area contributed by atoms with Gasteiger partial charge >= 0.3 is 0 Å². The van der Waals surface area contributed by atoms with Gasteiger partial charge in [0.05, 0.1) is 16.9 Å². The van der Waals surface area contributed by atoms with E-state index in [-0.39, 0.29) is 23.5 Å². The smallest absolute Gasteiger partial charge is 0.271 e. The van der Waals surface area contributed by atoms with Crippen molar-refractivity contribution >= 4 is 33.2 Å². The highest BCUT2D eigenvalue weighted by molar-refractivity contribution is 7.92. The van der Waals surface area contributed by atoms with Gasteiger partial charge in [-0.2, -0.15) is 0 Å². The van der Waals surface area contributed by atoms with E-state index in [1.165, 1.54) is 37.3 Å². The standard InChI is InChI=1S/C24H31FN4O6S/c1-16-11-12-19(29(32)33)13-21(16)28(36(6,34)35)15-22(30)27(14-18-9-7-8-10-20(18)25)17(2)23(31)26-24(3,4)5/h7-13,17H,14-15H2,1-6H3,(H,26,31)/t17-/m0/s1. The Balaban J connectivity index is 2.51. The van der Waals surface area contributed by atoms with Gasteiger partial charge in [0.25, 0.3) is 5.69 Å². The highest BCUT2D eigenvalue weighted by Gasteiger charge is 2.32. The highest BCUT2D eigenvalue weighted by Crippen LogP contribution is 2.28. The zero-order valence-electron chi connectivity index (χ0n) is 21.1. The van der Waals surface area contributed by atoms with Crippen LogP contribution < -0.4 is 9.62 Å². The normalized spacial score (nSPS) is 12.5. The summed E-state index contributed by atoms with van der Waals surface area (Å²) in [5.74, 6) is -1.89. The van der Waals surface area contributed by atoms with Gasteiger partial charge in [0.15, 0.2) is 0 Å². The zero-order valence-corrected chi connectivity index (χ0v) is 21.9. The topological polar surface area (TPSA) is 130 Å². The molecule has 2 aromatic rings.